The Morgan fingerprint density at radius 1 is 1.13 bits per heavy atom. The molecule has 31 heavy (non-hydrogen) atoms. The van der Waals surface area contributed by atoms with Crippen molar-refractivity contribution in [2.24, 2.45) is 0 Å². The summed E-state index contributed by atoms with van der Waals surface area (Å²) < 4.78 is 11.3. The summed E-state index contributed by atoms with van der Waals surface area (Å²) in [4.78, 5) is 30.6. The Kier molecular flexibility index (Phi) is 6.12. The fraction of sp³-hybridized carbons (Fsp3) is 0.208. The number of pyridine rings is 1. The average molecular weight is 417 g/mol. The first-order valence-corrected chi connectivity index (χ1v) is 10.1. The van der Waals surface area contributed by atoms with Gasteiger partial charge in [-0.3, -0.25) is 14.6 Å². The SMILES string of the molecule is COc1ccc(NC(=O)c2cccc(N3CCCC3=O)c2)cc1OCc1cccnc1. The lowest BCUT2D eigenvalue weighted by molar-refractivity contribution is -0.117. The largest absolute Gasteiger partial charge is 0.493 e. The third-order valence-corrected chi connectivity index (χ3v) is 5.03. The highest BCUT2D eigenvalue weighted by Gasteiger charge is 2.22. The van der Waals surface area contributed by atoms with Crippen molar-refractivity contribution in [2.45, 2.75) is 19.4 Å². The first-order valence-electron chi connectivity index (χ1n) is 10.1. The van der Waals surface area contributed by atoms with Gasteiger partial charge in [0.1, 0.15) is 6.61 Å². The fourth-order valence-electron chi connectivity index (χ4n) is 3.45. The molecule has 0 unspecified atom stereocenters. The van der Waals surface area contributed by atoms with E-state index in [4.69, 9.17) is 9.47 Å². The molecule has 7 nitrogen and oxygen atoms in total. The maximum atomic E-state index is 12.8. The van der Waals surface area contributed by atoms with Crippen LogP contribution in [-0.2, 0) is 11.4 Å². The number of nitrogens with one attached hydrogen (secondary N) is 1. The summed E-state index contributed by atoms with van der Waals surface area (Å²) in [5.41, 5.74) is 2.72. The zero-order valence-corrected chi connectivity index (χ0v) is 17.2. The maximum absolute atomic E-state index is 12.8. The van der Waals surface area contributed by atoms with Gasteiger partial charge in [0.25, 0.3) is 5.91 Å². The quantitative estimate of drug-likeness (QED) is 0.627. The highest BCUT2D eigenvalue weighted by molar-refractivity contribution is 6.05. The molecule has 0 spiro atoms. The molecule has 0 aliphatic carbocycles. The van der Waals surface area contributed by atoms with Crippen LogP contribution in [0, 0.1) is 0 Å². The summed E-state index contributed by atoms with van der Waals surface area (Å²) in [5, 5.41) is 2.89. The molecule has 7 heteroatoms. The Morgan fingerprint density at radius 3 is 2.77 bits per heavy atom. The molecule has 3 aromatic rings. The minimum absolute atomic E-state index is 0.0862. The smallest absolute Gasteiger partial charge is 0.255 e. The number of carbonyl (C=O) groups excluding carboxylic acids is 2. The molecule has 1 saturated heterocycles. The van der Waals surface area contributed by atoms with Crippen molar-refractivity contribution in [3.63, 3.8) is 0 Å². The van der Waals surface area contributed by atoms with Gasteiger partial charge in [0.2, 0.25) is 5.91 Å². The predicted octanol–water partition coefficient (Wildman–Crippen LogP) is 4.05. The number of hydrogen-bond acceptors (Lipinski definition) is 5. The monoisotopic (exact) mass is 417 g/mol. The van der Waals surface area contributed by atoms with E-state index in [1.165, 1.54) is 0 Å². The van der Waals surface area contributed by atoms with Gasteiger partial charge in [-0.05, 0) is 42.8 Å². The Bertz CT molecular complexity index is 1090. The van der Waals surface area contributed by atoms with Crippen molar-refractivity contribution >= 4 is 23.2 Å². The summed E-state index contributed by atoms with van der Waals surface area (Å²) in [6.07, 6.45) is 4.82. The zero-order valence-electron chi connectivity index (χ0n) is 17.2. The third-order valence-electron chi connectivity index (χ3n) is 5.03. The number of amides is 2. The molecule has 2 aromatic carbocycles. The van der Waals surface area contributed by atoms with Crippen molar-refractivity contribution in [2.75, 3.05) is 23.9 Å². The maximum Gasteiger partial charge on any atom is 0.255 e. The van der Waals surface area contributed by atoms with Gasteiger partial charge in [0.05, 0.1) is 7.11 Å². The van der Waals surface area contributed by atoms with Gasteiger partial charge in [-0.25, -0.2) is 0 Å². The van der Waals surface area contributed by atoms with E-state index in [9.17, 15) is 9.59 Å². The molecule has 2 amide bonds. The predicted molar refractivity (Wildman–Crippen MR) is 118 cm³/mol. The molecule has 0 saturated carbocycles. The lowest BCUT2D eigenvalue weighted by atomic mass is 10.1. The molecule has 2 heterocycles. The Balaban J connectivity index is 1.48. The number of hydrogen-bond donors (Lipinski definition) is 1. The summed E-state index contributed by atoms with van der Waals surface area (Å²) in [5.74, 6) is 0.900. The van der Waals surface area contributed by atoms with E-state index in [1.54, 1.807) is 60.8 Å². The van der Waals surface area contributed by atoms with Crippen LogP contribution in [0.2, 0.25) is 0 Å². The van der Waals surface area contributed by atoms with Crippen LogP contribution in [-0.4, -0.2) is 30.5 Å². The molecule has 1 fully saturated rings. The normalized spacial score (nSPS) is 13.2. The van der Waals surface area contributed by atoms with Gasteiger partial charge >= 0.3 is 0 Å². The van der Waals surface area contributed by atoms with E-state index in [2.05, 4.69) is 10.3 Å². The third kappa shape index (κ3) is 4.83. The first kappa shape index (κ1) is 20.4. The van der Waals surface area contributed by atoms with Crippen LogP contribution in [0.1, 0.15) is 28.8 Å². The highest BCUT2D eigenvalue weighted by Crippen LogP contribution is 2.31. The Morgan fingerprint density at radius 2 is 2.03 bits per heavy atom. The van der Waals surface area contributed by atoms with Crippen LogP contribution in [0.3, 0.4) is 0 Å². The van der Waals surface area contributed by atoms with E-state index in [0.717, 1.165) is 17.7 Å². The second kappa shape index (κ2) is 9.30. The molecule has 0 bridgehead atoms. The molecule has 1 N–H and O–H groups in total. The van der Waals surface area contributed by atoms with Crippen LogP contribution in [0.15, 0.2) is 67.0 Å². The van der Waals surface area contributed by atoms with E-state index in [1.807, 2.05) is 18.2 Å². The molecule has 1 aliphatic rings. The van der Waals surface area contributed by atoms with Gasteiger partial charge in [-0.2, -0.15) is 0 Å². The molecular formula is C24H23N3O4. The minimum atomic E-state index is -0.267. The standard InChI is InChI=1S/C24H23N3O4/c1-30-21-10-9-19(14-22(21)31-16-17-5-3-11-25-15-17)26-24(29)18-6-2-7-20(13-18)27-12-4-8-23(27)28/h2-3,5-7,9-11,13-15H,4,8,12,16H2,1H3,(H,26,29). The number of rotatable bonds is 7. The van der Waals surface area contributed by atoms with Crippen LogP contribution in [0.25, 0.3) is 0 Å². The van der Waals surface area contributed by atoms with Crippen LogP contribution in [0.5, 0.6) is 11.5 Å². The van der Waals surface area contributed by atoms with Crippen molar-refractivity contribution in [1.82, 2.24) is 4.98 Å². The summed E-state index contributed by atoms with van der Waals surface area (Å²) >= 11 is 0. The molecule has 0 atom stereocenters. The number of nitrogens with zero attached hydrogens (tertiary/aromatic N) is 2. The lowest BCUT2D eigenvalue weighted by Gasteiger charge is -2.17. The van der Waals surface area contributed by atoms with Gasteiger partial charge < -0.3 is 19.7 Å². The average Bonchev–Trinajstić information content (AvgIpc) is 3.24. The van der Waals surface area contributed by atoms with E-state index >= 15 is 0 Å². The number of ether oxygens (including phenoxy) is 2. The summed E-state index contributed by atoms with van der Waals surface area (Å²) in [6, 6.07) is 16.1. The topological polar surface area (TPSA) is 80.8 Å². The summed E-state index contributed by atoms with van der Waals surface area (Å²) in [7, 11) is 1.57. The highest BCUT2D eigenvalue weighted by atomic mass is 16.5. The molecule has 1 aromatic heterocycles. The van der Waals surface area contributed by atoms with E-state index in [0.29, 0.717) is 42.3 Å². The number of anilines is 2. The molecule has 0 radical (unpaired) electrons. The second-order valence-corrected chi connectivity index (χ2v) is 7.17. The first-order chi connectivity index (χ1) is 15.1. The molecular weight excluding hydrogens is 394 g/mol. The molecule has 4 rings (SSSR count). The second-order valence-electron chi connectivity index (χ2n) is 7.17. The van der Waals surface area contributed by atoms with Crippen molar-refractivity contribution in [1.29, 1.82) is 0 Å². The number of aromatic nitrogens is 1. The zero-order chi connectivity index (χ0) is 21.6. The van der Waals surface area contributed by atoms with Crippen LogP contribution >= 0.6 is 0 Å². The number of methoxy groups -OCH3 is 1. The van der Waals surface area contributed by atoms with E-state index in [-0.39, 0.29) is 11.8 Å². The molecule has 158 valence electrons. The Hall–Kier alpha value is -3.87. The fourth-order valence-corrected chi connectivity index (χ4v) is 3.45. The molecule has 1 aliphatic heterocycles. The van der Waals surface area contributed by atoms with Crippen molar-refractivity contribution in [3.8, 4) is 11.5 Å². The number of benzene rings is 2. The minimum Gasteiger partial charge on any atom is -0.493 e. The van der Waals surface area contributed by atoms with Crippen LogP contribution in [0.4, 0.5) is 11.4 Å². The van der Waals surface area contributed by atoms with Crippen LogP contribution < -0.4 is 19.7 Å². The lowest BCUT2D eigenvalue weighted by Crippen LogP contribution is -2.24. The van der Waals surface area contributed by atoms with Gasteiger partial charge in [0.15, 0.2) is 11.5 Å². The Labute approximate surface area is 180 Å². The van der Waals surface area contributed by atoms with E-state index < -0.39 is 0 Å². The van der Waals surface area contributed by atoms with Gasteiger partial charge in [-0.1, -0.05) is 12.1 Å². The van der Waals surface area contributed by atoms with Gasteiger partial charge in [-0.15, -0.1) is 0 Å². The van der Waals surface area contributed by atoms with Gasteiger partial charge in [0, 0.05) is 53.9 Å². The van der Waals surface area contributed by atoms with Crippen molar-refractivity contribution in [3.05, 3.63) is 78.1 Å². The van der Waals surface area contributed by atoms with Crippen molar-refractivity contribution < 1.29 is 19.1 Å². The summed E-state index contributed by atoms with van der Waals surface area (Å²) in [6.45, 7) is 1.01. The number of carbonyl (C=O) groups is 2.